The van der Waals surface area contributed by atoms with Crippen LogP contribution in [0, 0.1) is 5.92 Å². The molecule has 2 rings (SSSR count). The molecule has 0 bridgehead atoms. The van der Waals surface area contributed by atoms with Crippen molar-refractivity contribution >= 4 is 5.69 Å². The second-order valence-corrected chi connectivity index (χ2v) is 4.92. The van der Waals surface area contributed by atoms with Gasteiger partial charge in [0.15, 0.2) is 0 Å². The van der Waals surface area contributed by atoms with Gasteiger partial charge in [-0.3, -0.25) is 0 Å². The Morgan fingerprint density at radius 3 is 2.76 bits per heavy atom. The van der Waals surface area contributed by atoms with Crippen LogP contribution in [0.1, 0.15) is 13.3 Å². The highest BCUT2D eigenvalue weighted by molar-refractivity contribution is 5.47. The zero-order valence-corrected chi connectivity index (χ0v) is 10.5. The van der Waals surface area contributed by atoms with Crippen LogP contribution in [0.2, 0.25) is 0 Å². The smallest absolute Gasteiger partial charge is 0.0451 e. The van der Waals surface area contributed by atoms with Crippen LogP contribution in [0.25, 0.3) is 0 Å². The minimum Gasteiger partial charge on any atom is -0.396 e. The summed E-state index contributed by atoms with van der Waals surface area (Å²) in [7, 11) is 0. The number of aliphatic hydroxyl groups excluding tert-OH is 1. The first-order chi connectivity index (χ1) is 8.31. The van der Waals surface area contributed by atoms with E-state index >= 15 is 0 Å². The molecule has 1 aliphatic heterocycles. The monoisotopic (exact) mass is 234 g/mol. The van der Waals surface area contributed by atoms with E-state index in [1.165, 1.54) is 5.69 Å². The van der Waals surface area contributed by atoms with Gasteiger partial charge in [0, 0.05) is 31.4 Å². The van der Waals surface area contributed by atoms with Gasteiger partial charge in [-0.05, 0) is 31.0 Å². The average molecular weight is 234 g/mol. The van der Waals surface area contributed by atoms with E-state index in [0.29, 0.717) is 12.0 Å². The molecular formula is C14H22N2O. The zero-order valence-electron chi connectivity index (χ0n) is 10.5. The van der Waals surface area contributed by atoms with Crippen LogP contribution in [0.3, 0.4) is 0 Å². The first-order valence-corrected chi connectivity index (χ1v) is 6.44. The highest BCUT2D eigenvalue weighted by Crippen LogP contribution is 2.21. The molecule has 1 aromatic carbocycles. The fraction of sp³-hybridized carbons (Fsp3) is 0.571. The maximum absolute atomic E-state index is 9.19. The van der Waals surface area contributed by atoms with Gasteiger partial charge in [-0.1, -0.05) is 25.1 Å². The summed E-state index contributed by atoms with van der Waals surface area (Å²) in [6.07, 6.45) is 0.828. The number of nitrogens with zero attached hydrogens (tertiary/aromatic N) is 1. The summed E-state index contributed by atoms with van der Waals surface area (Å²) < 4.78 is 0. The van der Waals surface area contributed by atoms with Crippen LogP contribution in [-0.2, 0) is 0 Å². The molecule has 17 heavy (non-hydrogen) atoms. The predicted molar refractivity (Wildman–Crippen MR) is 71.3 cm³/mol. The van der Waals surface area contributed by atoms with E-state index in [4.69, 9.17) is 0 Å². The molecule has 0 amide bonds. The highest BCUT2D eigenvalue weighted by Gasteiger charge is 2.23. The molecule has 2 unspecified atom stereocenters. The minimum absolute atomic E-state index is 0.254. The lowest BCUT2D eigenvalue weighted by Gasteiger charge is -2.32. The summed E-state index contributed by atoms with van der Waals surface area (Å²) in [6.45, 7) is 5.60. The molecule has 94 valence electrons. The normalized spacial score (nSPS) is 25.6. The van der Waals surface area contributed by atoms with E-state index < -0.39 is 0 Å². The third-order valence-corrected chi connectivity index (χ3v) is 3.37. The Labute approximate surface area is 103 Å². The number of para-hydroxylation sites is 1. The number of nitrogens with one attached hydrogen (secondary N) is 1. The molecule has 3 heteroatoms. The van der Waals surface area contributed by atoms with Gasteiger partial charge in [0.05, 0.1) is 0 Å². The molecule has 0 aliphatic carbocycles. The minimum atomic E-state index is 0.254. The molecule has 0 saturated carbocycles. The van der Waals surface area contributed by atoms with Gasteiger partial charge in [0.1, 0.15) is 0 Å². The van der Waals surface area contributed by atoms with Gasteiger partial charge in [-0.2, -0.15) is 0 Å². The summed E-state index contributed by atoms with van der Waals surface area (Å²) >= 11 is 0. The molecule has 1 aromatic rings. The van der Waals surface area contributed by atoms with E-state index in [1.54, 1.807) is 0 Å². The highest BCUT2D eigenvalue weighted by atomic mass is 16.3. The predicted octanol–water partition coefficient (Wildman–Crippen LogP) is 1.48. The summed E-state index contributed by atoms with van der Waals surface area (Å²) in [5.41, 5.74) is 1.27. The fourth-order valence-corrected chi connectivity index (χ4v) is 2.50. The summed E-state index contributed by atoms with van der Waals surface area (Å²) in [6, 6.07) is 10.9. The number of anilines is 1. The lowest BCUT2D eigenvalue weighted by molar-refractivity contribution is 0.272. The molecule has 0 spiro atoms. The molecule has 1 saturated heterocycles. The first-order valence-electron chi connectivity index (χ1n) is 6.44. The van der Waals surface area contributed by atoms with Gasteiger partial charge in [0.25, 0.3) is 0 Å². The summed E-state index contributed by atoms with van der Waals surface area (Å²) in [5, 5.41) is 12.7. The lowest BCUT2D eigenvalue weighted by Crippen LogP contribution is -2.41. The standard InChI is InChI=1S/C14H22N2O/c1-12-9-15-10-14(7-8-17)16(11-12)13-5-3-2-4-6-13/h2-6,12,14-15,17H,7-11H2,1H3. The Kier molecular flexibility index (Phi) is 4.40. The molecule has 1 aliphatic rings. The van der Waals surface area contributed by atoms with Crippen LogP contribution >= 0.6 is 0 Å². The van der Waals surface area contributed by atoms with Crippen molar-refractivity contribution < 1.29 is 5.11 Å². The molecule has 0 radical (unpaired) electrons. The second kappa shape index (κ2) is 6.03. The SMILES string of the molecule is CC1CNCC(CCO)N(c2ccccc2)C1. The molecular weight excluding hydrogens is 212 g/mol. The first kappa shape index (κ1) is 12.4. The van der Waals surface area contributed by atoms with Crippen LogP contribution in [0.15, 0.2) is 30.3 Å². The number of aliphatic hydroxyl groups is 1. The Morgan fingerprint density at radius 2 is 2.06 bits per heavy atom. The van der Waals surface area contributed by atoms with E-state index in [1.807, 2.05) is 6.07 Å². The summed E-state index contributed by atoms with van der Waals surface area (Å²) in [5.74, 6) is 0.638. The van der Waals surface area contributed by atoms with Gasteiger partial charge >= 0.3 is 0 Å². The second-order valence-electron chi connectivity index (χ2n) is 4.92. The fourth-order valence-electron chi connectivity index (χ4n) is 2.50. The maximum atomic E-state index is 9.19. The largest absolute Gasteiger partial charge is 0.396 e. The van der Waals surface area contributed by atoms with Crippen LogP contribution in [-0.4, -0.2) is 37.4 Å². The van der Waals surface area contributed by atoms with Crippen molar-refractivity contribution in [3.8, 4) is 0 Å². The van der Waals surface area contributed by atoms with Crippen molar-refractivity contribution in [2.75, 3.05) is 31.1 Å². The molecule has 3 nitrogen and oxygen atoms in total. The molecule has 2 N–H and O–H groups in total. The van der Waals surface area contributed by atoms with Crippen LogP contribution in [0.5, 0.6) is 0 Å². The van der Waals surface area contributed by atoms with Crippen molar-refractivity contribution in [1.82, 2.24) is 5.32 Å². The Bertz CT molecular complexity index is 328. The van der Waals surface area contributed by atoms with Crippen molar-refractivity contribution in [3.05, 3.63) is 30.3 Å². The zero-order chi connectivity index (χ0) is 12.1. The average Bonchev–Trinajstić information content (AvgIpc) is 2.53. The maximum Gasteiger partial charge on any atom is 0.0451 e. The van der Waals surface area contributed by atoms with Crippen molar-refractivity contribution in [2.24, 2.45) is 5.92 Å². The van der Waals surface area contributed by atoms with Crippen molar-refractivity contribution in [1.29, 1.82) is 0 Å². The molecule has 1 fully saturated rings. The number of hydrogen-bond acceptors (Lipinski definition) is 3. The Morgan fingerprint density at radius 1 is 1.29 bits per heavy atom. The van der Waals surface area contributed by atoms with Crippen molar-refractivity contribution in [3.63, 3.8) is 0 Å². The molecule has 0 aromatic heterocycles. The van der Waals surface area contributed by atoms with Gasteiger partial charge < -0.3 is 15.3 Å². The quantitative estimate of drug-likeness (QED) is 0.831. The van der Waals surface area contributed by atoms with Crippen molar-refractivity contribution in [2.45, 2.75) is 19.4 Å². The number of rotatable bonds is 3. The topological polar surface area (TPSA) is 35.5 Å². The van der Waals surface area contributed by atoms with Gasteiger partial charge in [0.2, 0.25) is 0 Å². The van der Waals surface area contributed by atoms with E-state index in [0.717, 1.165) is 26.1 Å². The lowest BCUT2D eigenvalue weighted by atomic mass is 10.1. The van der Waals surface area contributed by atoms with E-state index in [9.17, 15) is 5.11 Å². The Balaban J connectivity index is 2.18. The third kappa shape index (κ3) is 3.20. The molecule has 2 atom stereocenters. The Hall–Kier alpha value is -1.06. The number of benzene rings is 1. The van der Waals surface area contributed by atoms with Crippen LogP contribution < -0.4 is 10.2 Å². The van der Waals surface area contributed by atoms with Crippen LogP contribution in [0.4, 0.5) is 5.69 Å². The third-order valence-electron chi connectivity index (χ3n) is 3.37. The van der Waals surface area contributed by atoms with E-state index in [2.05, 4.69) is 41.4 Å². The van der Waals surface area contributed by atoms with Gasteiger partial charge in [-0.15, -0.1) is 0 Å². The van der Waals surface area contributed by atoms with Gasteiger partial charge in [-0.25, -0.2) is 0 Å². The molecule has 1 heterocycles. The summed E-state index contributed by atoms with van der Waals surface area (Å²) in [4.78, 5) is 2.43. The number of hydrogen-bond donors (Lipinski definition) is 2. The van der Waals surface area contributed by atoms with E-state index in [-0.39, 0.29) is 6.61 Å².